The van der Waals surface area contributed by atoms with Crippen molar-refractivity contribution >= 4 is 16.6 Å². The van der Waals surface area contributed by atoms with Crippen LogP contribution in [0.3, 0.4) is 0 Å². The molecule has 0 bridgehead atoms. The molecule has 5 rings (SSSR count). The summed E-state index contributed by atoms with van der Waals surface area (Å²) in [5.74, 6) is 0.178. The van der Waals surface area contributed by atoms with Crippen LogP contribution in [-0.4, -0.2) is 28.1 Å². The number of nitrogens with zero attached hydrogens (tertiary/aromatic N) is 2. The maximum atomic E-state index is 11.7. The van der Waals surface area contributed by atoms with Gasteiger partial charge in [0.1, 0.15) is 0 Å². The minimum absolute atomic E-state index is 0.171. The van der Waals surface area contributed by atoms with Gasteiger partial charge in [0.05, 0.1) is 4.92 Å². The first-order valence-electron chi connectivity index (χ1n) is 13.8. The lowest BCUT2D eigenvalue weighted by Gasteiger charge is -2.28. The second-order valence-corrected chi connectivity index (χ2v) is 11.1. The predicted molar refractivity (Wildman–Crippen MR) is 147 cm³/mol. The molecule has 2 aliphatic rings. The number of nitrogens with two attached hydrogens (primary N) is 1. The summed E-state index contributed by atoms with van der Waals surface area (Å²) in [4.78, 5) is 11.4. The molecule has 3 aromatic rings. The van der Waals surface area contributed by atoms with Crippen LogP contribution in [-0.2, 0) is 0 Å². The lowest BCUT2D eigenvalue weighted by Crippen LogP contribution is -2.38. The van der Waals surface area contributed by atoms with Gasteiger partial charge in [0.2, 0.25) is 0 Å². The van der Waals surface area contributed by atoms with Crippen molar-refractivity contribution in [3.63, 3.8) is 0 Å². The molecule has 1 heterocycles. The van der Waals surface area contributed by atoms with E-state index in [1.54, 1.807) is 6.07 Å². The number of nitrogens with one attached hydrogen (secondary N) is 1. The number of non-ortho nitro benzene ring substituents is 1. The van der Waals surface area contributed by atoms with Crippen LogP contribution in [0.25, 0.3) is 10.9 Å². The zero-order valence-corrected chi connectivity index (χ0v) is 21.5. The molecule has 0 spiro atoms. The van der Waals surface area contributed by atoms with Gasteiger partial charge in [-0.1, -0.05) is 49.1 Å². The Morgan fingerprint density at radius 2 is 1.83 bits per heavy atom. The Morgan fingerprint density at radius 3 is 2.56 bits per heavy atom. The van der Waals surface area contributed by atoms with Crippen molar-refractivity contribution in [1.29, 1.82) is 0 Å². The van der Waals surface area contributed by atoms with E-state index < -0.39 is 0 Å². The topological polar surface area (TPSA) is 86.1 Å². The zero-order valence-electron chi connectivity index (χ0n) is 21.5. The normalized spacial score (nSPS) is 22.1. The third-order valence-electron chi connectivity index (χ3n) is 8.48. The van der Waals surface area contributed by atoms with Crippen LogP contribution in [0, 0.1) is 17.0 Å². The molecule has 2 saturated carbocycles. The lowest BCUT2D eigenvalue weighted by atomic mass is 9.87. The molecule has 0 saturated heterocycles. The van der Waals surface area contributed by atoms with E-state index in [2.05, 4.69) is 47.3 Å². The third-order valence-corrected chi connectivity index (χ3v) is 8.48. The van der Waals surface area contributed by atoms with Crippen LogP contribution in [0.5, 0.6) is 0 Å². The van der Waals surface area contributed by atoms with Gasteiger partial charge in [-0.2, -0.15) is 0 Å². The Bertz CT molecular complexity index is 1190. The first kappa shape index (κ1) is 25.0. The fourth-order valence-corrected chi connectivity index (χ4v) is 6.47. The molecule has 0 aliphatic heterocycles. The molecule has 2 fully saturated rings. The molecule has 6 heteroatoms. The number of nitro groups is 1. The SMILES string of the molecule is Cc1cccc(C(CCN[C@H]2CC[C@H](N)CC2)c2cn(C3CCCCC3)c3ccc([N+](=O)[O-])cc23)c1. The highest BCUT2D eigenvalue weighted by molar-refractivity contribution is 5.87. The molecule has 1 atom stereocenters. The van der Waals surface area contributed by atoms with E-state index in [-0.39, 0.29) is 16.5 Å². The monoisotopic (exact) mass is 488 g/mol. The summed E-state index contributed by atoms with van der Waals surface area (Å²) in [7, 11) is 0. The average Bonchev–Trinajstić information content (AvgIpc) is 3.27. The largest absolute Gasteiger partial charge is 0.344 e. The van der Waals surface area contributed by atoms with Gasteiger partial charge in [0, 0.05) is 53.3 Å². The molecule has 6 nitrogen and oxygen atoms in total. The Morgan fingerprint density at radius 1 is 1.06 bits per heavy atom. The van der Waals surface area contributed by atoms with Crippen LogP contribution in [0.4, 0.5) is 5.69 Å². The van der Waals surface area contributed by atoms with Crippen LogP contribution < -0.4 is 11.1 Å². The van der Waals surface area contributed by atoms with Crippen molar-refractivity contribution in [1.82, 2.24) is 9.88 Å². The molecule has 1 unspecified atom stereocenters. The summed E-state index contributed by atoms with van der Waals surface area (Å²) in [6, 6.07) is 15.6. The Labute approximate surface area is 214 Å². The Balaban J connectivity index is 1.51. The van der Waals surface area contributed by atoms with Gasteiger partial charge in [-0.25, -0.2) is 0 Å². The molecule has 2 aromatic carbocycles. The van der Waals surface area contributed by atoms with Gasteiger partial charge in [0.15, 0.2) is 0 Å². The highest BCUT2D eigenvalue weighted by atomic mass is 16.6. The fraction of sp³-hybridized carbons (Fsp3) is 0.533. The Kier molecular flexibility index (Phi) is 7.73. The average molecular weight is 489 g/mol. The number of benzene rings is 2. The van der Waals surface area contributed by atoms with E-state index in [0.717, 1.165) is 49.6 Å². The Hall–Kier alpha value is -2.70. The summed E-state index contributed by atoms with van der Waals surface area (Å²) in [5, 5.41) is 16.5. The van der Waals surface area contributed by atoms with Crippen LogP contribution in [0.15, 0.2) is 48.7 Å². The van der Waals surface area contributed by atoms with E-state index in [9.17, 15) is 10.1 Å². The van der Waals surface area contributed by atoms with Gasteiger partial charge in [-0.3, -0.25) is 10.1 Å². The summed E-state index contributed by atoms with van der Waals surface area (Å²) >= 11 is 0. The molecule has 0 radical (unpaired) electrons. The quantitative estimate of drug-likeness (QED) is 0.271. The summed E-state index contributed by atoms with van der Waals surface area (Å²) in [5.41, 5.74) is 11.2. The van der Waals surface area contributed by atoms with Gasteiger partial charge in [-0.05, 0) is 75.6 Å². The van der Waals surface area contributed by atoms with E-state index >= 15 is 0 Å². The fourth-order valence-electron chi connectivity index (χ4n) is 6.47. The maximum Gasteiger partial charge on any atom is 0.270 e. The maximum absolute atomic E-state index is 11.7. The number of aryl methyl sites for hydroxylation is 1. The summed E-state index contributed by atoms with van der Waals surface area (Å²) in [6.45, 7) is 3.06. The highest BCUT2D eigenvalue weighted by Gasteiger charge is 2.26. The molecule has 0 amide bonds. The van der Waals surface area contributed by atoms with Crippen molar-refractivity contribution < 1.29 is 4.92 Å². The molecule has 192 valence electrons. The lowest BCUT2D eigenvalue weighted by molar-refractivity contribution is -0.384. The number of rotatable bonds is 8. The minimum atomic E-state index is -0.266. The predicted octanol–water partition coefficient (Wildman–Crippen LogP) is 6.74. The summed E-state index contributed by atoms with van der Waals surface area (Å²) in [6.07, 6.45) is 13.9. The van der Waals surface area contributed by atoms with Gasteiger partial charge >= 0.3 is 0 Å². The van der Waals surface area contributed by atoms with Gasteiger partial charge in [-0.15, -0.1) is 0 Å². The van der Waals surface area contributed by atoms with Crippen molar-refractivity contribution in [2.45, 2.75) is 95.2 Å². The zero-order chi connectivity index (χ0) is 25.1. The number of hydrogen-bond acceptors (Lipinski definition) is 4. The van der Waals surface area contributed by atoms with Crippen molar-refractivity contribution in [3.8, 4) is 0 Å². The molecule has 3 N–H and O–H groups in total. The van der Waals surface area contributed by atoms with Gasteiger partial charge in [0.25, 0.3) is 5.69 Å². The van der Waals surface area contributed by atoms with Crippen molar-refractivity contribution in [2.24, 2.45) is 5.73 Å². The van der Waals surface area contributed by atoms with E-state index in [0.29, 0.717) is 18.1 Å². The standard InChI is InChI=1S/C30H40N4O2/c1-21-6-5-7-22(18-21)27(16-17-32-24-12-10-23(31)11-13-24)29-20-33(25-8-3-2-4-9-25)30-15-14-26(34(35)36)19-28(29)30/h5-7,14-15,18-20,23-25,27,32H,2-4,8-13,16-17,31H2,1H3/t23-,24-,27?. The molecular weight excluding hydrogens is 448 g/mol. The van der Waals surface area contributed by atoms with E-state index in [4.69, 9.17) is 5.73 Å². The van der Waals surface area contributed by atoms with Crippen molar-refractivity contribution in [2.75, 3.05) is 6.54 Å². The first-order chi connectivity index (χ1) is 17.5. The highest BCUT2D eigenvalue weighted by Crippen LogP contribution is 2.40. The first-order valence-corrected chi connectivity index (χ1v) is 13.8. The number of aromatic nitrogens is 1. The van der Waals surface area contributed by atoms with E-state index in [1.807, 2.05) is 12.1 Å². The molecule has 36 heavy (non-hydrogen) atoms. The smallest absolute Gasteiger partial charge is 0.270 e. The van der Waals surface area contributed by atoms with Crippen LogP contribution in [0.1, 0.15) is 92.9 Å². The van der Waals surface area contributed by atoms with Crippen LogP contribution in [0.2, 0.25) is 0 Å². The third kappa shape index (κ3) is 5.50. The minimum Gasteiger partial charge on any atom is -0.344 e. The molecular formula is C30H40N4O2. The molecule has 1 aromatic heterocycles. The van der Waals surface area contributed by atoms with Crippen LogP contribution >= 0.6 is 0 Å². The number of fused-ring (bicyclic) bond motifs is 1. The van der Waals surface area contributed by atoms with Crippen molar-refractivity contribution in [3.05, 3.63) is 75.5 Å². The number of hydrogen-bond donors (Lipinski definition) is 2. The second-order valence-electron chi connectivity index (χ2n) is 11.1. The van der Waals surface area contributed by atoms with E-state index in [1.165, 1.54) is 48.8 Å². The summed E-state index contributed by atoms with van der Waals surface area (Å²) < 4.78 is 2.44. The second kappa shape index (κ2) is 11.1. The van der Waals surface area contributed by atoms with Gasteiger partial charge < -0.3 is 15.6 Å². The molecule has 2 aliphatic carbocycles. The number of nitro benzene ring substituents is 1.